The van der Waals surface area contributed by atoms with E-state index in [2.05, 4.69) is 20.6 Å². The highest BCUT2D eigenvalue weighted by atomic mass is 16.2. The number of imidazole rings is 1. The maximum Gasteiger partial charge on any atom is 0.323 e. The van der Waals surface area contributed by atoms with Crippen molar-refractivity contribution in [2.45, 2.75) is 18.9 Å². The number of aromatic nitrogens is 2. The summed E-state index contributed by atoms with van der Waals surface area (Å²) in [5.41, 5.74) is 1.59. The van der Waals surface area contributed by atoms with Gasteiger partial charge in [-0.2, -0.15) is 0 Å². The highest BCUT2D eigenvalue weighted by Gasteiger charge is 2.27. The van der Waals surface area contributed by atoms with Gasteiger partial charge in [-0.3, -0.25) is 9.59 Å². The molecule has 1 aliphatic rings. The van der Waals surface area contributed by atoms with Gasteiger partial charge < -0.3 is 20.6 Å². The van der Waals surface area contributed by atoms with Crippen LogP contribution >= 0.6 is 0 Å². The molecule has 0 radical (unpaired) electrons. The van der Waals surface area contributed by atoms with E-state index in [9.17, 15) is 14.4 Å². The summed E-state index contributed by atoms with van der Waals surface area (Å²) >= 11 is 0. The number of hydrogen-bond acceptors (Lipinski definition) is 3. The number of benzene rings is 1. The van der Waals surface area contributed by atoms with Crippen molar-refractivity contribution >= 4 is 28.5 Å². The molecule has 7 nitrogen and oxygen atoms in total. The number of rotatable bonds is 2. The first kappa shape index (κ1) is 11.5. The monoisotopic (exact) mass is 260 g/mol. The molecule has 1 aromatic carbocycles. The zero-order chi connectivity index (χ0) is 13.4. The maximum absolute atomic E-state index is 11.9. The van der Waals surface area contributed by atoms with Crippen LogP contribution in [0.25, 0.3) is 11.0 Å². The molecule has 2 aromatic rings. The summed E-state index contributed by atoms with van der Waals surface area (Å²) in [6, 6.07) is 4.59. The molecule has 1 aliphatic heterocycles. The molecule has 0 aliphatic carbocycles. The van der Waals surface area contributed by atoms with Crippen LogP contribution in [0.4, 0.5) is 5.69 Å². The van der Waals surface area contributed by atoms with Crippen LogP contribution in [0.3, 0.4) is 0 Å². The zero-order valence-corrected chi connectivity index (χ0v) is 9.95. The van der Waals surface area contributed by atoms with Gasteiger partial charge in [0.2, 0.25) is 11.8 Å². The van der Waals surface area contributed by atoms with Crippen molar-refractivity contribution in [2.75, 3.05) is 5.32 Å². The van der Waals surface area contributed by atoms with Crippen LogP contribution in [0.15, 0.2) is 23.0 Å². The Kier molecular flexibility index (Phi) is 2.59. The largest absolute Gasteiger partial charge is 0.344 e. The van der Waals surface area contributed by atoms with Gasteiger partial charge in [0, 0.05) is 12.1 Å². The third-order valence-electron chi connectivity index (χ3n) is 3.10. The van der Waals surface area contributed by atoms with E-state index in [1.165, 1.54) is 0 Å². The van der Waals surface area contributed by atoms with E-state index >= 15 is 0 Å². The molecule has 0 spiro atoms. The van der Waals surface area contributed by atoms with Crippen LogP contribution in [0.1, 0.15) is 12.8 Å². The molecule has 0 saturated carbocycles. The van der Waals surface area contributed by atoms with Gasteiger partial charge in [-0.05, 0) is 24.6 Å². The van der Waals surface area contributed by atoms with Gasteiger partial charge in [0.15, 0.2) is 0 Å². The van der Waals surface area contributed by atoms with Crippen molar-refractivity contribution in [1.29, 1.82) is 0 Å². The van der Waals surface area contributed by atoms with Gasteiger partial charge in [-0.1, -0.05) is 0 Å². The molecule has 1 aromatic heterocycles. The standard InChI is InChI=1S/C12H12N4O3/c17-10-4-3-8(14-10)11(18)13-6-1-2-7-9(5-6)16-12(19)15-7/h1-2,5,8H,3-4H2,(H,13,18)(H,14,17)(H2,15,16,19). The third kappa shape index (κ3) is 2.22. The minimum Gasteiger partial charge on any atom is -0.344 e. The quantitative estimate of drug-likeness (QED) is 0.614. The molecule has 1 fully saturated rings. The van der Waals surface area contributed by atoms with E-state index in [4.69, 9.17) is 0 Å². The topological polar surface area (TPSA) is 107 Å². The number of carbonyl (C=O) groups excluding carboxylic acids is 2. The first-order valence-corrected chi connectivity index (χ1v) is 5.94. The number of carbonyl (C=O) groups is 2. The minimum atomic E-state index is -0.478. The van der Waals surface area contributed by atoms with Crippen molar-refractivity contribution in [3.63, 3.8) is 0 Å². The van der Waals surface area contributed by atoms with Crippen LogP contribution in [0, 0.1) is 0 Å². The average molecular weight is 260 g/mol. The van der Waals surface area contributed by atoms with Crippen LogP contribution in [-0.4, -0.2) is 27.8 Å². The summed E-state index contributed by atoms with van der Waals surface area (Å²) in [6.45, 7) is 0. The summed E-state index contributed by atoms with van der Waals surface area (Å²) in [4.78, 5) is 39.3. The predicted molar refractivity (Wildman–Crippen MR) is 68.7 cm³/mol. The summed E-state index contributed by atoms with van der Waals surface area (Å²) in [5, 5.41) is 5.32. The Balaban J connectivity index is 1.79. The number of anilines is 1. The fraction of sp³-hybridized carbons (Fsp3) is 0.250. The lowest BCUT2D eigenvalue weighted by Gasteiger charge is -2.10. The SMILES string of the molecule is O=C1CCC(C(=O)Nc2ccc3[nH]c(=O)[nH]c3c2)N1. The number of aromatic amines is 2. The van der Waals surface area contributed by atoms with Gasteiger partial charge in [-0.25, -0.2) is 4.79 Å². The zero-order valence-electron chi connectivity index (χ0n) is 9.95. The molecule has 1 saturated heterocycles. The Morgan fingerprint density at radius 3 is 2.74 bits per heavy atom. The summed E-state index contributed by atoms with van der Waals surface area (Å²) in [5.74, 6) is -0.353. The molecular formula is C12H12N4O3. The van der Waals surface area contributed by atoms with Crippen molar-refractivity contribution in [2.24, 2.45) is 0 Å². The molecule has 2 heterocycles. The van der Waals surface area contributed by atoms with Gasteiger partial charge >= 0.3 is 5.69 Å². The molecule has 1 unspecified atom stereocenters. The van der Waals surface area contributed by atoms with Crippen LogP contribution in [-0.2, 0) is 9.59 Å². The van der Waals surface area contributed by atoms with Gasteiger partial charge in [0.05, 0.1) is 11.0 Å². The predicted octanol–water partition coefficient (Wildman–Crippen LogP) is 0.0733. The number of nitrogens with one attached hydrogen (secondary N) is 4. The molecule has 7 heteroatoms. The van der Waals surface area contributed by atoms with Gasteiger partial charge in [0.1, 0.15) is 6.04 Å². The number of hydrogen-bond donors (Lipinski definition) is 4. The number of fused-ring (bicyclic) bond motifs is 1. The average Bonchev–Trinajstić information content (AvgIpc) is 2.93. The number of amides is 2. The van der Waals surface area contributed by atoms with Gasteiger partial charge in [-0.15, -0.1) is 0 Å². The second-order valence-electron chi connectivity index (χ2n) is 4.49. The van der Waals surface area contributed by atoms with Crippen molar-refractivity contribution in [3.8, 4) is 0 Å². The Hall–Kier alpha value is -2.57. The molecule has 4 N–H and O–H groups in total. The van der Waals surface area contributed by atoms with E-state index in [1.54, 1.807) is 18.2 Å². The molecule has 98 valence electrons. The lowest BCUT2D eigenvalue weighted by molar-refractivity contribution is -0.122. The second-order valence-corrected chi connectivity index (χ2v) is 4.49. The Labute approximate surface area is 107 Å². The third-order valence-corrected chi connectivity index (χ3v) is 3.10. The Bertz CT molecular complexity index is 715. The fourth-order valence-electron chi connectivity index (χ4n) is 2.15. The minimum absolute atomic E-state index is 0.106. The van der Waals surface area contributed by atoms with Crippen LogP contribution < -0.4 is 16.3 Å². The lowest BCUT2D eigenvalue weighted by Crippen LogP contribution is -2.37. The summed E-state index contributed by atoms with van der Waals surface area (Å²) in [6.07, 6.45) is 0.885. The first-order chi connectivity index (χ1) is 9.11. The second kappa shape index (κ2) is 4.27. The lowest BCUT2D eigenvalue weighted by atomic mass is 10.2. The van der Waals surface area contributed by atoms with E-state index in [0.717, 1.165) is 0 Å². The fourth-order valence-corrected chi connectivity index (χ4v) is 2.15. The van der Waals surface area contributed by atoms with E-state index in [-0.39, 0.29) is 17.5 Å². The Morgan fingerprint density at radius 1 is 1.21 bits per heavy atom. The highest BCUT2D eigenvalue weighted by Crippen LogP contribution is 2.16. The van der Waals surface area contributed by atoms with E-state index in [0.29, 0.717) is 29.6 Å². The van der Waals surface area contributed by atoms with Crippen molar-refractivity contribution < 1.29 is 9.59 Å². The number of H-pyrrole nitrogens is 2. The summed E-state index contributed by atoms with van der Waals surface area (Å²) < 4.78 is 0. The maximum atomic E-state index is 11.9. The smallest absolute Gasteiger partial charge is 0.323 e. The normalized spacial score (nSPS) is 18.5. The van der Waals surface area contributed by atoms with Crippen LogP contribution in [0.5, 0.6) is 0 Å². The highest BCUT2D eigenvalue weighted by molar-refractivity contribution is 5.99. The van der Waals surface area contributed by atoms with Crippen LogP contribution in [0.2, 0.25) is 0 Å². The molecule has 19 heavy (non-hydrogen) atoms. The van der Waals surface area contributed by atoms with Gasteiger partial charge in [0.25, 0.3) is 0 Å². The molecule has 3 rings (SSSR count). The molecule has 2 amide bonds. The van der Waals surface area contributed by atoms with Crippen molar-refractivity contribution in [1.82, 2.24) is 15.3 Å². The van der Waals surface area contributed by atoms with Crippen molar-refractivity contribution in [3.05, 3.63) is 28.7 Å². The van der Waals surface area contributed by atoms with E-state index in [1.807, 2.05) is 0 Å². The van der Waals surface area contributed by atoms with E-state index < -0.39 is 6.04 Å². The molecule has 1 atom stereocenters. The molecular weight excluding hydrogens is 248 g/mol. The molecule has 0 bridgehead atoms. The Morgan fingerprint density at radius 2 is 2.00 bits per heavy atom. The first-order valence-electron chi connectivity index (χ1n) is 5.94. The summed E-state index contributed by atoms with van der Waals surface area (Å²) in [7, 11) is 0.